The molecule has 2 N–H and O–H groups in total. The van der Waals surface area contributed by atoms with E-state index < -0.39 is 6.09 Å². The fraction of sp³-hybridized carbons (Fsp3) is 0.348. The standard InChI is InChI=1S/C23H26N2O4/c26-21(19-9-11-20-18(16-19)10-12-22(27)24-20)8-4-5-14-25(23(28)29)15-13-17-6-2-1-3-7-17/h1-3,6-7,9,11,16H,4-5,8,10,12-15H2,(H,24,27)(H,28,29). The van der Waals surface area contributed by atoms with E-state index in [4.69, 9.17) is 0 Å². The Kier molecular flexibility index (Phi) is 7.00. The lowest BCUT2D eigenvalue weighted by Crippen LogP contribution is -2.32. The van der Waals surface area contributed by atoms with Crippen molar-refractivity contribution >= 4 is 23.5 Å². The average Bonchev–Trinajstić information content (AvgIpc) is 2.73. The molecule has 0 fully saturated rings. The first-order valence-corrected chi connectivity index (χ1v) is 10.0. The molecule has 1 aliphatic heterocycles. The van der Waals surface area contributed by atoms with Gasteiger partial charge in [-0.25, -0.2) is 4.79 Å². The van der Waals surface area contributed by atoms with E-state index in [1.165, 1.54) is 4.90 Å². The van der Waals surface area contributed by atoms with Crippen LogP contribution in [-0.4, -0.2) is 40.9 Å². The number of unbranched alkanes of at least 4 members (excludes halogenated alkanes) is 1. The van der Waals surface area contributed by atoms with Crippen molar-refractivity contribution in [2.24, 2.45) is 0 Å². The zero-order chi connectivity index (χ0) is 20.6. The number of benzene rings is 2. The Bertz CT molecular complexity index is 880. The largest absolute Gasteiger partial charge is 0.465 e. The van der Waals surface area contributed by atoms with Crippen LogP contribution < -0.4 is 5.32 Å². The van der Waals surface area contributed by atoms with Gasteiger partial charge in [0.15, 0.2) is 5.78 Å². The van der Waals surface area contributed by atoms with Crippen LogP contribution >= 0.6 is 0 Å². The summed E-state index contributed by atoms with van der Waals surface area (Å²) in [5, 5.41) is 12.2. The molecule has 1 heterocycles. The van der Waals surface area contributed by atoms with Crippen molar-refractivity contribution in [2.45, 2.75) is 38.5 Å². The number of carboxylic acid groups (broad SMARTS) is 1. The summed E-state index contributed by atoms with van der Waals surface area (Å²) in [4.78, 5) is 36.8. The van der Waals surface area contributed by atoms with Crippen LogP contribution in [0.3, 0.4) is 0 Å². The van der Waals surface area contributed by atoms with Crippen LogP contribution in [-0.2, 0) is 17.6 Å². The van der Waals surface area contributed by atoms with Crippen molar-refractivity contribution in [1.82, 2.24) is 4.90 Å². The summed E-state index contributed by atoms with van der Waals surface area (Å²) in [5.74, 6) is 0.0580. The van der Waals surface area contributed by atoms with Gasteiger partial charge < -0.3 is 15.3 Å². The van der Waals surface area contributed by atoms with Crippen molar-refractivity contribution in [2.75, 3.05) is 18.4 Å². The Morgan fingerprint density at radius 3 is 2.55 bits per heavy atom. The predicted molar refractivity (Wildman–Crippen MR) is 111 cm³/mol. The second-order valence-corrected chi connectivity index (χ2v) is 7.31. The first-order chi connectivity index (χ1) is 14.0. The van der Waals surface area contributed by atoms with E-state index in [9.17, 15) is 19.5 Å². The second-order valence-electron chi connectivity index (χ2n) is 7.31. The zero-order valence-corrected chi connectivity index (χ0v) is 16.4. The maximum Gasteiger partial charge on any atom is 0.407 e. The first kappa shape index (κ1) is 20.6. The van der Waals surface area contributed by atoms with E-state index >= 15 is 0 Å². The molecule has 152 valence electrons. The van der Waals surface area contributed by atoms with Gasteiger partial charge in [-0.3, -0.25) is 9.59 Å². The van der Waals surface area contributed by atoms with Gasteiger partial charge in [-0.2, -0.15) is 0 Å². The third-order valence-electron chi connectivity index (χ3n) is 5.19. The third kappa shape index (κ3) is 5.91. The highest BCUT2D eigenvalue weighted by Crippen LogP contribution is 2.24. The molecule has 2 aromatic rings. The van der Waals surface area contributed by atoms with Gasteiger partial charge in [-0.15, -0.1) is 0 Å². The number of nitrogens with zero attached hydrogens (tertiary/aromatic N) is 1. The van der Waals surface area contributed by atoms with Crippen LogP contribution in [0.2, 0.25) is 0 Å². The van der Waals surface area contributed by atoms with Crippen LogP contribution in [0.4, 0.5) is 10.5 Å². The van der Waals surface area contributed by atoms with Gasteiger partial charge in [-0.1, -0.05) is 30.3 Å². The van der Waals surface area contributed by atoms with Crippen LogP contribution in [0.5, 0.6) is 0 Å². The molecule has 0 aliphatic carbocycles. The molecule has 0 saturated carbocycles. The van der Waals surface area contributed by atoms with Crippen LogP contribution in [0, 0.1) is 0 Å². The Morgan fingerprint density at radius 2 is 1.79 bits per heavy atom. The highest BCUT2D eigenvalue weighted by Gasteiger charge is 2.17. The number of ketones is 1. The highest BCUT2D eigenvalue weighted by atomic mass is 16.4. The number of amides is 2. The fourth-order valence-electron chi connectivity index (χ4n) is 3.50. The van der Waals surface area contributed by atoms with E-state index in [1.54, 1.807) is 12.1 Å². The van der Waals surface area contributed by atoms with Gasteiger partial charge in [0, 0.05) is 37.2 Å². The lowest BCUT2D eigenvalue weighted by atomic mass is 9.97. The molecule has 1 aliphatic rings. The summed E-state index contributed by atoms with van der Waals surface area (Å²) < 4.78 is 0. The summed E-state index contributed by atoms with van der Waals surface area (Å²) >= 11 is 0. The number of carbonyl (C=O) groups excluding carboxylic acids is 2. The Balaban J connectivity index is 1.44. The fourth-order valence-corrected chi connectivity index (χ4v) is 3.50. The lowest BCUT2D eigenvalue weighted by Gasteiger charge is -2.19. The summed E-state index contributed by atoms with van der Waals surface area (Å²) in [6, 6.07) is 15.2. The molecule has 0 bridgehead atoms. The number of Topliss-reactive ketones (excluding diaryl/α,β-unsaturated/α-hetero) is 1. The zero-order valence-electron chi connectivity index (χ0n) is 16.4. The van der Waals surface area contributed by atoms with Crippen LogP contribution in [0.15, 0.2) is 48.5 Å². The molecule has 6 heteroatoms. The molecular weight excluding hydrogens is 368 g/mol. The molecule has 0 aromatic heterocycles. The van der Waals surface area contributed by atoms with Crippen molar-refractivity contribution in [3.63, 3.8) is 0 Å². The van der Waals surface area contributed by atoms with E-state index in [1.807, 2.05) is 36.4 Å². The Hall–Kier alpha value is -3.15. The monoisotopic (exact) mass is 394 g/mol. The first-order valence-electron chi connectivity index (χ1n) is 10.0. The topological polar surface area (TPSA) is 86.7 Å². The number of hydrogen-bond donors (Lipinski definition) is 2. The molecule has 0 unspecified atom stereocenters. The normalized spacial score (nSPS) is 12.8. The van der Waals surface area contributed by atoms with Gasteiger partial charge in [0.1, 0.15) is 0 Å². The van der Waals surface area contributed by atoms with Gasteiger partial charge in [-0.05, 0) is 55.0 Å². The van der Waals surface area contributed by atoms with Gasteiger partial charge >= 0.3 is 6.09 Å². The van der Waals surface area contributed by atoms with Crippen molar-refractivity contribution in [3.8, 4) is 0 Å². The third-order valence-corrected chi connectivity index (χ3v) is 5.19. The molecule has 29 heavy (non-hydrogen) atoms. The molecule has 0 atom stereocenters. The average molecular weight is 394 g/mol. The molecule has 3 rings (SSSR count). The van der Waals surface area contributed by atoms with Gasteiger partial charge in [0.05, 0.1) is 0 Å². The minimum absolute atomic E-state index is 0.00632. The Morgan fingerprint density at radius 1 is 1.00 bits per heavy atom. The molecule has 0 saturated heterocycles. The molecule has 0 spiro atoms. The summed E-state index contributed by atoms with van der Waals surface area (Å²) in [6.07, 6.45) is 2.52. The van der Waals surface area contributed by atoms with Crippen LogP contribution in [0.25, 0.3) is 0 Å². The lowest BCUT2D eigenvalue weighted by molar-refractivity contribution is -0.116. The number of hydrogen-bond acceptors (Lipinski definition) is 3. The van der Waals surface area contributed by atoms with E-state index in [2.05, 4.69) is 5.32 Å². The van der Waals surface area contributed by atoms with Gasteiger partial charge in [0.25, 0.3) is 0 Å². The number of aryl methyl sites for hydroxylation is 1. The minimum Gasteiger partial charge on any atom is -0.465 e. The summed E-state index contributed by atoms with van der Waals surface area (Å²) in [7, 11) is 0. The number of rotatable bonds is 9. The number of fused-ring (bicyclic) bond motifs is 1. The minimum atomic E-state index is -0.927. The summed E-state index contributed by atoms with van der Waals surface area (Å²) in [6.45, 7) is 0.871. The smallest absolute Gasteiger partial charge is 0.407 e. The van der Waals surface area contributed by atoms with Crippen molar-refractivity contribution < 1.29 is 19.5 Å². The maximum absolute atomic E-state index is 12.5. The highest BCUT2D eigenvalue weighted by molar-refractivity contribution is 5.98. The number of anilines is 1. The van der Waals surface area contributed by atoms with E-state index in [-0.39, 0.29) is 11.7 Å². The number of carbonyl (C=O) groups is 3. The maximum atomic E-state index is 12.5. The predicted octanol–water partition coefficient (Wildman–Crippen LogP) is 4.15. The SMILES string of the molecule is O=C1CCc2cc(C(=O)CCCCN(CCc3ccccc3)C(=O)O)ccc2N1. The second kappa shape index (κ2) is 9.87. The van der Waals surface area contributed by atoms with E-state index in [0.717, 1.165) is 16.8 Å². The Labute approximate surface area is 170 Å². The quantitative estimate of drug-likeness (QED) is 0.494. The molecule has 2 aromatic carbocycles. The molecular formula is C23H26N2O4. The number of nitrogens with one attached hydrogen (secondary N) is 1. The van der Waals surface area contributed by atoms with Gasteiger partial charge in [0.2, 0.25) is 5.91 Å². The van der Waals surface area contributed by atoms with Crippen LogP contribution in [0.1, 0.15) is 47.2 Å². The summed E-state index contributed by atoms with van der Waals surface area (Å²) in [5.41, 5.74) is 3.54. The van der Waals surface area contributed by atoms with E-state index in [0.29, 0.717) is 57.2 Å². The molecule has 2 amide bonds. The molecule has 0 radical (unpaired) electrons. The van der Waals surface area contributed by atoms with Crippen molar-refractivity contribution in [3.05, 3.63) is 65.2 Å². The van der Waals surface area contributed by atoms with Crippen molar-refractivity contribution in [1.29, 1.82) is 0 Å². The molecule has 6 nitrogen and oxygen atoms in total.